The first kappa shape index (κ1) is 19.9. The Bertz CT molecular complexity index is 901. The molecule has 0 heterocycles. The van der Waals surface area contributed by atoms with Crippen LogP contribution in [0.3, 0.4) is 0 Å². The SMILES string of the molecule is CC1CC2CC(C)CC(c3ccc([S+](c4ccccc4)c4ccccc4)cc3)(C1)C2. The first-order valence-electron chi connectivity index (χ1n) is 11.6. The molecule has 2 bridgehead atoms. The molecule has 2 atom stereocenters. The third-order valence-corrected chi connectivity index (χ3v) is 9.52. The van der Waals surface area contributed by atoms with E-state index >= 15 is 0 Å². The van der Waals surface area contributed by atoms with E-state index in [1.165, 1.54) is 46.8 Å². The van der Waals surface area contributed by atoms with E-state index in [0.29, 0.717) is 5.41 Å². The Morgan fingerprint density at radius 1 is 0.600 bits per heavy atom. The van der Waals surface area contributed by atoms with Crippen molar-refractivity contribution < 1.29 is 0 Å². The Morgan fingerprint density at radius 2 is 1.07 bits per heavy atom. The normalized spacial score (nSPS) is 28.4. The van der Waals surface area contributed by atoms with Crippen LogP contribution in [-0.2, 0) is 16.3 Å². The summed E-state index contributed by atoms with van der Waals surface area (Å²) in [7, 11) is -0.0503. The van der Waals surface area contributed by atoms with Crippen LogP contribution in [0.2, 0.25) is 0 Å². The summed E-state index contributed by atoms with van der Waals surface area (Å²) in [5.41, 5.74) is 2.01. The lowest BCUT2D eigenvalue weighted by molar-refractivity contribution is 0.0780. The van der Waals surface area contributed by atoms with Crippen molar-refractivity contribution in [3.8, 4) is 0 Å². The van der Waals surface area contributed by atoms with E-state index in [1.54, 1.807) is 5.56 Å². The third-order valence-electron chi connectivity index (χ3n) is 7.29. The maximum absolute atomic E-state index is 2.48. The zero-order valence-corrected chi connectivity index (χ0v) is 19.1. The molecule has 1 heteroatoms. The highest BCUT2D eigenvalue weighted by molar-refractivity contribution is 7.97. The maximum Gasteiger partial charge on any atom is 0.166 e. The highest BCUT2D eigenvalue weighted by Crippen LogP contribution is 2.54. The van der Waals surface area contributed by atoms with Gasteiger partial charge in [0.25, 0.3) is 0 Å². The maximum atomic E-state index is 2.48. The van der Waals surface area contributed by atoms with Gasteiger partial charge in [-0.1, -0.05) is 62.4 Å². The monoisotopic (exact) mass is 413 g/mol. The van der Waals surface area contributed by atoms with E-state index < -0.39 is 0 Å². The number of benzene rings is 3. The smallest absolute Gasteiger partial charge is 0.0625 e. The molecule has 30 heavy (non-hydrogen) atoms. The highest BCUT2D eigenvalue weighted by atomic mass is 32.2. The van der Waals surface area contributed by atoms with E-state index in [1.807, 2.05) is 0 Å². The zero-order chi connectivity index (χ0) is 20.6. The Labute approximate surface area is 185 Å². The van der Waals surface area contributed by atoms with E-state index in [4.69, 9.17) is 0 Å². The molecule has 5 rings (SSSR count). The van der Waals surface area contributed by atoms with E-state index in [2.05, 4.69) is 98.8 Å². The minimum Gasteiger partial charge on any atom is -0.0625 e. The minimum atomic E-state index is -0.0503. The van der Waals surface area contributed by atoms with E-state index in [-0.39, 0.29) is 10.9 Å². The molecule has 3 aromatic carbocycles. The van der Waals surface area contributed by atoms with Crippen molar-refractivity contribution in [1.82, 2.24) is 0 Å². The summed E-state index contributed by atoms with van der Waals surface area (Å²) in [6.45, 7) is 4.96. The number of hydrogen-bond acceptors (Lipinski definition) is 0. The van der Waals surface area contributed by atoms with Crippen molar-refractivity contribution >= 4 is 10.9 Å². The van der Waals surface area contributed by atoms with E-state index in [0.717, 1.165) is 17.8 Å². The summed E-state index contributed by atoms with van der Waals surface area (Å²) >= 11 is 0. The van der Waals surface area contributed by atoms with Gasteiger partial charge in [0, 0.05) is 0 Å². The van der Waals surface area contributed by atoms with Crippen LogP contribution in [0, 0.1) is 17.8 Å². The van der Waals surface area contributed by atoms with Gasteiger partial charge in [-0.25, -0.2) is 0 Å². The van der Waals surface area contributed by atoms with Crippen molar-refractivity contribution in [3.05, 3.63) is 90.5 Å². The minimum absolute atomic E-state index is 0.0503. The van der Waals surface area contributed by atoms with Gasteiger partial charge in [-0.3, -0.25) is 0 Å². The van der Waals surface area contributed by atoms with Crippen molar-refractivity contribution in [2.75, 3.05) is 0 Å². The summed E-state index contributed by atoms with van der Waals surface area (Å²) < 4.78 is 0. The van der Waals surface area contributed by atoms with Gasteiger partial charge >= 0.3 is 0 Å². The molecule has 2 unspecified atom stereocenters. The van der Waals surface area contributed by atoms with E-state index in [9.17, 15) is 0 Å². The molecule has 2 saturated carbocycles. The molecule has 0 nitrogen and oxygen atoms in total. The molecular weight excluding hydrogens is 380 g/mol. The van der Waals surface area contributed by atoms with Crippen LogP contribution in [0.4, 0.5) is 0 Å². The van der Waals surface area contributed by atoms with Crippen molar-refractivity contribution in [2.24, 2.45) is 17.8 Å². The molecule has 0 aromatic heterocycles. The molecule has 0 aliphatic heterocycles. The molecule has 2 aliphatic carbocycles. The molecule has 0 N–H and O–H groups in total. The average molecular weight is 414 g/mol. The predicted molar refractivity (Wildman–Crippen MR) is 128 cm³/mol. The van der Waals surface area contributed by atoms with Gasteiger partial charge in [-0.15, -0.1) is 0 Å². The van der Waals surface area contributed by atoms with Crippen LogP contribution >= 0.6 is 0 Å². The first-order valence-corrected chi connectivity index (χ1v) is 12.8. The molecule has 3 aromatic rings. The van der Waals surface area contributed by atoms with Crippen LogP contribution in [-0.4, -0.2) is 0 Å². The number of rotatable bonds is 4. The van der Waals surface area contributed by atoms with Gasteiger partial charge in [0.05, 0.1) is 10.9 Å². The summed E-state index contributed by atoms with van der Waals surface area (Å²) in [4.78, 5) is 4.22. The molecule has 0 amide bonds. The first-order chi connectivity index (χ1) is 14.6. The predicted octanol–water partition coefficient (Wildman–Crippen LogP) is 7.89. The molecule has 154 valence electrons. The quantitative estimate of drug-likeness (QED) is 0.381. The Kier molecular flexibility index (Phi) is 5.50. The molecule has 2 fully saturated rings. The van der Waals surface area contributed by atoms with Crippen LogP contribution in [0.1, 0.15) is 51.5 Å². The average Bonchev–Trinajstić information content (AvgIpc) is 2.75. The highest BCUT2D eigenvalue weighted by Gasteiger charge is 2.45. The third kappa shape index (κ3) is 3.85. The second-order valence-corrected chi connectivity index (χ2v) is 11.9. The lowest BCUT2D eigenvalue weighted by atomic mass is 9.54. The standard InChI is InChI=1S/C29H33S/c1-22-17-24-18-23(2)20-29(19-22,21-24)25-13-15-28(16-14-25)30(26-9-5-3-6-10-26)27-11-7-4-8-12-27/h3-16,22-24H,17-21H2,1-2H3/q+1. The van der Waals surface area contributed by atoms with Crippen molar-refractivity contribution in [3.63, 3.8) is 0 Å². The second-order valence-electron chi connectivity index (χ2n) is 9.90. The van der Waals surface area contributed by atoms with Gasteiger partial charge < -0.3 is 0 Å². The summed E-state index contributed by atoms with van der Waals surface area (Å²) in [5.74, 6) is 2.65. The van der Waals surface area contributed by atoms with Gasteiger partial charge in [-0.2, -0.15) is 0 Å². The van der Waals surface area contributed by atoms with Gasteiger partial charge in [0.1, 0.15) is 0 Å². The summed E-state index contributed by atoms with van der Waals surface area (Å²) in [6, 6.07) is 31.8. The number of hydrogen-bond donors (Lipinski definition) is 0. The fourth-order valence-corrected chi connectivity index (χ4v) is 8.61. The van der Waals surface area contributed by atoms with Gasteiger partial charge in [0.2, 0.25) is 0 Å². The number of fused-ring (bicyclic) bond motifs is 2. The van der Waals surface area contributed by atoms with Crippen LogP contribution in [0.15, 0.2) is 99.6 Å². The molecule has 0 saturated heterocycles. The molecule has 2 aliphatic rings. The molecular formula is C29H33S+. The van der Waals surface area contributed by atoms with Crippen molar-refractivity contribution in [2.45, 2.75) is 66.1 Å². The van der Waals surface area contributed by atoms with Gasteiger partial charge in [0.15, 0.2) is 14.7 Å². The fourth-order valence-electron chi connectivity index (χ4n) is 6.52. The Balaban J connectivity index is 1.51. The zero-order valence-electron chi connectivity index (χ0n) is 18.3. The molecule has 0 spiro atoms. The van der Waals surface area contributed by atoms with Crippen molar-refractivity contribution in [1.29, 1.82) is 0 Å². The Morgan fingerprint density at radius 3 is 1.57 bits per heavy atom. The topological polar surface area (TPSA) is 0 Å². The molecule has 0 radical (unpaired) electrons. The Hall–Kier alpha value is -1.99. The lowest BCUT2D eigenvalue weighted by Crippen LogP contribution is -2.42. The lowest BCUT2D eigenvalue weighted by Gasteiger charge is -2.50. The van der Waals surface area contributed by atoms with Gasteiger partial charge in [-0.05, 0) is 97.2 Å². The summed E-state index contributed by atoms with van der Waals surface area (Å²) in [5, 5.41) is 0. The second kappa shape index (κ2) is 8.27. The van der Waals surface area contributed by atoms with Crippen LogP contribution in [0.25, 0.3) is 0 Å². The summed E-state index contributed by atoms with van der Waals surface area (Å²) in [6.07, 6.45) is 7.03. The largest absolute Gasteiger partial charge is 0.166 e. The van der Waals surface area contributed by atoms with Crippen LogP contribution in [0.5, 0.6) is 0 Å². The fraction of sp³-hybridized carbons (Fsp3) is 0.379. The van der Waals surface area contributed by atoms with Crippen LogP contribution < -0.4 is 0 Å².